The maximum Gasteiger partial charge on any atom is 0.325 e. The van der Waals surface area contributed by atoms with E-state index in [9.17, 15) is 9.59 Å². The summed E-state index contributed by atoms with van der Waals surface area (Å²) in [5.74, 6) is -1.27. The maximum atomic E-state index is 12.8. The first kappa shape index (κ1) is 17.9. The molecule has 6 nitrogen and oxygen atoms in total. The molecule has 1 aliphatic heterocycles. The highest BCUT2D eigenvalue weighted by Gasteiger charge is 2.59. The van der Waals surface area contributed by atoms with Crippen molar-refractivity contribution in [3.8, 4) is 0 Å². The molecule has 1 heterocycles. The van der Waals surface area contributed by atoms with Gasteiger partial charge < -0.3 is 9.47 Å². The van der Waals surface area contributed by atoms with Gasteiger partial charge in [-0.15, -0.1) is 0 Å². The number of methoxy groups -OCH3 is 2. The van der Waals surface area contributed by atoms with Crippen molar-refractivity contribution in [2.75, 3.05) is 25.9 Å². The highest BCUT2D eigenvalue weighted by atomic mass is 16.7. The Balaban J connectivity index is 2.21. The molecule has 0 aliphatic carbocycles. The van der Waals surface area contributed by atoms with Crippen molar-refractivity contribution in [2.45, 2.75) is 12.5 Å². The molecule has 1 fully saturated rings. The zero-order valence-electron chi connectivity index (χ0n) is 14.8. The number of carbonyl (C=O) groups excluding carboxylic acids is 2. The molecule has 1 unspecified atom stereocenters. The predicted molar refractivity (Wildman–Crippen MR) is 95.1 cm³/mol. The summed E-state index contributed by atoms with van der Waals surface area (Å²) in [7, 11) is 2.55. The second-order valence-corrected chi connectivity index (χ2v) is 6.01. The quantitative estimate of drug-likeness (QED) is 0.621. The Kier molecular flexibility index (Phi) is 5.23. The Morgan fingerprint density at radius 2 is 1.50 bits per heavy atom. The zero-order chi connectivity index (χ0) is 18.6. The van der Waals surface area contributed by atoms with E-state index in [1.54, 1.807) is 5.06 Å². The number of benzene rings is 2. The fourth-order valence-electron chi connectivity index (χ4n) is 3.45. The lowest BCUT2D eigenvalue weighted by Gasteiger charge is -2.46. The van der Waals surface area contributed by atoms with Crippen LogP contribution in [0.5, 0.6) is 0 Å². The van der Waals surface area contributed by atoms with Crippen molar-refractivity contribution < 1.29 is 23.9 Å². The van der Waals surface area contributed by atoms with Crippen molar-refractivity contribution in [3.63, 3.8) is 0 Å². The Bertz CT molecular complexity index is 746. The van der Waals surface area contributed by atoms with E-state index in [1.165, 1.54) is 14.2 Å². The van der Waals surface area contributed by atoms with Gasteiger partial charge in [0.15, 0.2) is 5.41 Å². The highest BCUT2D eigenvalue weighted by Crippen LogP contribution is 2.48. The number of anilines is 1. The SMILES string of the molecule is COC(=O)C1(C(=O)OC)CCON(c2ccccc2)C1c1ccccc1. The molecule has 3 rings (SSSR count). The van der Waals surface area contributed by atoms with Crippen LogP contribution in [0.15, 0.2) is 60.7 Å². The van der Waals surface area contributed by atoms with Crippen LogP contribution in [-0.4, -0.2) is 32.8 Å². The van der Waals surface area contributed by atoms with E-state index in [-0.39, 0.29) is 13.0 Å². The number of nitrogens with zero attached hydrogens (tertiary/aromatic N) is 1. The molecule has 0 bridgehead atoms. The summed E-state index contributed by atoms with van der Waals surface area (Å²) in [5.41, 5.74) is -0.0380. The van der Waals surface area contributed by atoms with E-state index in [4.69, 9.17) is 14.3 Å². The topological polar surface area (TPSA) is 65.1 Å². The molecule has 0 N–H and O–H groups in total. The molecule has 0 amide bonds. The number of hydroxylamine groups is 1. The van der Waals surface area contributed by atoms with Gasteiger partial charge in [-0.3, -0.25) is 14.4 Å². The van der Waals surface area contributed by atoms with E-state index in [0.717, 1.165) is 11.3 Å². The average molecular weight is 355 g/mol. The summed E-state index contributed by atoms with van der Waals surface area (Å²) in [4.78, 5) is 31.6. The van der Waals surface area contributed by atoms with Crippen LogP contribution in [0.25, 0.3) is 0 Å². The van der Waals surface area contributed by atoms with Gasteiger partial charge in [-0.05, 0) is 17.7 Å². The van der Waals surface area contributed by atoms with E-state index < -0.39 is 23.4 Å². The number of ether oxygens (including phenoxy) is 2. The molecule has 0 saturated carbocycles. The normalized spacial score (nSPS) is 18.8. The van der Waals surface area contributed by atoms with Gasteiger partial charge >= 0.3 is 11.9 Å². The minimum absolute atomic E-state index is 0.162. The number of carbonyl (C=O) groups is 2. The predicted octanol–water partition coefficient (Wildman–Crippen LogP) is 2.90. The summed E-state index contributed by atoms with van der Waals surface area (Å²) in [5, 5.41) is 1.60. The van der Waals surface area contributed by atoms with Crippen LogP contribution < -0.4 is 5.06 Å². The first-order chi connectivity index (χ1) is 12.6. The first-order valence-electron chi connectivity index (χ1n) is 8.34. The Labute approximate surface area is 152 Å². The van der Waals surface area contributed by atoms with Gasteiger partial charge in [0.1, 0.15) is 6.04 Å². The molecule has 1 aliphatic rings. The third-order valence-electron chi connectivity index (χ3n) is 4.65. The van der Waals surface area contributed by atoms with Gasteiger partial charge in [0, 0.05) is 6.42 Å². The van der Waals surface area contributed by atoms with Crippen LogP contribution in [0.2, 0.25) is 0 Å². The summed E-state index contributed by atoms with van der Waals surface area (Å²) >= 11 is 0. The van der Waals surface area contributed by atoms with Crippen LogP contribution in [0.3, 0.4) is 0 Å². The van der Waals surface area contributed by atoms with Gasteiger partial charge in [-0.25, -0.2) is 5.06 Å². The lowest BCUT2D eigenvalue weighted by Crippen LogP contribution is -2.56. The highest BCUT2D eigenvalue weighted by molar-refractivity contribution is 6.01. The second-order valence-electron chi connectivity index (χ2n) is 6.01. The lowest BCUT2D eigenvalue weighted by atomic mass is 9.73. The van der Waals surface area contributed by atoms with Crippen molar-refractivity contribution in [2.24, 2.45) is 5.41 Å². The zero-order valence-corrected chi connectivity index (χ0v) is 14.8. The van der Waals surface area contributed by atoms with E-state index in [0.29, 0.717) is 0 Å². The molecule has 0 aromatic heterocycles. The molecule has 26 heavy (non-hydrogen) atoms. The summed E-state index contributed by atoms with van der Waals surface area (Å²) in [6.07, 6.45) is 0.162. The van der Waals surface area contributed by atoms with Crippen molar-refractivity contribution in [3.05, 3.63) is 66.2 Å². The Morgan fingerprint density at radius 3 is 2.04 bits per heavy atom. The van der Waals surface area contributed by atoms with Crippen molar-refractivity contribution >= 4 is 17.6 Å². The lowest BCUT2D eigenvalue weighted by molar-refractivity contribution is -0.180. The number of hydrogen-bond donors (Lipinski definition) is 0. The van der Waals surface area contributed by atoms with Gasteiger partial charge in [-0.2, -0.15) is 0 Å². The van der Waals surface area contributed by atoms with Crippen molar-refractivity contribution in [1.29, 1.82) is 0 Å². The van der Waals surface area contributed by atoms with Crippen LogP contribution in [0.1, 0.15) is 18.0 Å². The number of hydrogen-bond acceptors (Lipinski definition) is 6. The van der Waals surface area contributed by atoms with Crippen LogP contribution in [0.4, 0.5) is 5.69 Å². The third-order valence-corrected chi connectivity index (χ3v) is 4.65. The molecular formula is C20H21NO5. The van der Waals surface area contributed by atoms with Crippen LogP contribution in [-0.2, 0) is 23.9 Å². The Morgan fingerprint density at radius 1 is 0.962 bits per heavy atom. The fraction of sp³-hybridized carbons (Fsp3) is 0.300. The van der Waals surface area contributed by atoms with Gasteiger partial charge in [0.2, 0.25) is 0 Å². The van der Waals surface area contributed by atoms with E-state index in [1.807, 2.05) is 60.7 Å². The van der Waals surface area contributed by atoms with Gasteiger partial charge in [0.25, 0.3) is 0 Å². The molecule has 6 heteroatoms. The molecular weight excluding hydrogens is 334 g/mol. The summed E-state index contributed by atoms with van der Waals surface area (Å²) in [6.45, 7) is 0.183. The van der Waals surface area contributed by atoms with Crippen LogP contribution >= 0.6 is 0 Å². The summed E-state index contributed by atoms with van der Waals surface area (Å²) in [6, 6.07) is 17.9. The average Bonchev–Trinajstić information content (AvgIpc) is 2.73. The van der Waals surface area contributed by atoms with Crippen LogP contribution in [0, 0.1) is 5.41 Å². The second kappa shape index (κ2) is 7.58. The molecule has 136 valence electrons. The maximum absolute atomic E-state index is 12.8. The molecule has 2 aromatic rings. The summed E-state index contributed by atoms with van der Waals surface area (Å²) < 4.78 is 10.1. The standard InChI is InChI=1S/C20H21NO5/c1-24-18(22)20(19(23)25-2)13-14-26-21(16-11-7-4-8-12-16)17(20)15-9-5-3-6-10-15/h3-12,17H,13-14H2,1-2H3. The largest absolute Gasteiger partial charge is 0.468 e. The monoisotopic (exact) mass is 355 g/mol. The first-order valence-corrected chi connectivity index (χ1v) is 8.34. The fourth-order valence-corrected chi connectivity index (χ4v) is 3.45. The van der Waals surface area contributed by atoms with Crippen molar-refractivity contribution in [1.82, 2.24) is 0 Å². The molecule has 1 saturated heterocycles. The third kappa shape index (κ3) is 2.93. The minimum atomic E-state index is -1.53. The number of para-hydroxylation sites is 1. The molecule has 0 spiro atoms. The number of esters is 2. The van der Waals surface area contributed by atoms with Gasteiger partial charge in [0.05, 0.1) is 26.5 Å². The molecule has 0 radical (unpaired) electrons. The van der Waals surface area contributed by atoms with Gasteiger partial charge in [-0.1, -0.05) is 48.5 Å². The number of rotatable bonds is 4. The van der Waals surface area contributed by atoms with E-state index in [2.05, 4.69) is 0 Å². The Hall–Kier alpha value is -2.86. The van der Waals surface area contributed by atoms with E-state index >= 15 is 0 Å². The smallest absolute Gasteiger partial charge is 0.325 e. The minimum Gasteiger partial charge on any atom is -0.468 e. The molecule has 2 aromatic carbocycles. The molecule has 1 atom stereocenters.